The topological polar surface area (TPSA) is 41.4 Å². The predicted octanol–water partition coefficient (Wildman–Crippen LogP) is 1.90. The first-order valence-electron chi connectivity index (χ1n) is 7.18. The van der Waals surface area contributed by atoms with Crippen LogP contribution in [0.25, 0.3) is 0 Å². The number of amides is 1. The average molecular weight is 376 g/mol. The zero-order valence-corrected chi connectivity index (χ0v) is 13.0. The van der Waals surface area contributed by atoms with Gasteiger partial charge in [0.2, 0.25) is 0 Å². The van der Waals surface area contributed by atoms with E-state index >= 15 is 0 Å². The van der Waals surface area contributed by atoms with Crippen LogP contribution in [-0.2, 0) is 18.4 Å². The van der Waals surface area contributed by atoms with Crippen molar-refractivity contribution in [2.75, 3.05) is 26.2 Å². The van der Waals surface area contributed by atoms with Crippen molar-refractivity contribution in [1.82, 2.24) is 19.6 Å². The third-order valence-electron chi connectivity index (χ3n) is 3.84. The fourth-order valence-corrected chi connectivity index (χ4v) is 2.43. The van der Waals surface area contributed by atoms with Crippen LogP contribution in [0, 0.1) is 0 Å². The molecule has 1 amide bonds. The molecule has 0 aliphatic carbocycles. The largest absolute Gasteiger partial charge is 0.460 e. The second-order valence-corrected chi connectivity index (χ2v) is 5.74. The first-order chi connectivity index (χ1) is 11.4. The van der Waals surface area contributed by atoms with Gasteiger partial charge in [-0.05, 0) is 0 Å². The van der Waals surface area contributed by atoms with E-state index in [1.165, 1.54) is 0 Å². The van der Waals surface area contributed by atoms with E-state index in [4.69, 9.17) is 0 Å². The zero-order valence-electron chi connectivity index (χ0n) is 13.0. The minimum atomic E-state index is -6.52. The lowest BCUT2D eigenvalue weighted by atomic mass is 10.1. The standard InChI is InChI=1S/C13H15F7N4O/c1-22-7-9(6-21-22)8-23-2-4-24(5-3-23)10(25)11(14,15)12(16,17)13(18,19)20/h6-7H,2-5,8H2,1H3. The van der Waals surface area contributed by atoms with Crippen molar-refractivity contribution >= 4 is 5.91 Å². The lowest BCUT2D eigenvalue weighted by molar-refractivity contribution is -0.346. The summed E-state index contributed by atoms with van der Waals surface area (Å²) >= 11 is 0. The van der Waals surface area contributed by atoms with Gasteiger partial charge in [-0.25, -0.2) is 0 Å². The Labute approximate surface area is 138 Å². The van der Waals surface area contributed by atoms with Gasteiger partial charge in [0.05, 0.1) is 6.20 Å². The van der Waals surface area contributed by atoms with Crippen molar-refractivity contribution in [3.8, 4) is 0 Å². The fourth-order valence-electron chi connectivity index (χ4n) is 2.43. The van der Waals surface area contributed by atoms with Crippen molar-refractivity contribution in [3.63, 3.8) is 0 Å². The maximum atomic E-state index is 13.4. The van der Waals surface area contributed by atoms with E-state index in [1.807, 2.05) is 0 Å². The first-order valence-corrected chi connectivity index (χ1v) is 7.18. The Morgan fingerprint density at radius 2 is 1.64 bits per heavy atom. The highest BCUT2D eigenvalue weighted by atomic mass is 19.4. The molecule has 0 unspecified atom stereocenters. The van der Waals surface area contributed by atoms with Gasteiger partial charge in [0.25, 0.3) is 5.91 Å². The van der Waals surface area contributed by atoms with Gasteiger partial charge in [0.15, 0.2) is 0 Å². The number of aryl methyl sites for hydroxylation is 1. The Kier molecular flexibility index (Phi) is 5.04. The normalized spacial score (nSPS) is 17.8. The van der Waals surface area contributed by atoms with Crippen LogP contribution in [0.5, 0.6) is 0 Å². The molecule has 1 saturated heterocycles. The number of nitrogens with zero attached hydrogens (tertiary/aromatic N) is 4. The molecule has 0 N–H and O–H groups in total. The Balaban J connectivity index is 1.98. The summed E-state index contributed by atoms with van der Waals surface area (Å²) in [6, 6.07) is 0. The summed E-state index contributed by atoms with van der Waals surface area (Å²) in [5, 5.41) is 3.94. The van der Waals surface area contributed by atoms with E-state index < -0.39 is 23.9 Å². The van der Waals surface area contributed by atoms with Gasteiger partial charge < -0.3 is 4.90 Å². The van der Waals surface area contributed by atoms with E-state index in [0.29, 0.717) is 11.4 Å². The SMILES string of the molecule is Cn1cc(CN2CCN(C(=O)C(F)(F)C(F)(F)C(F)(F)F)CC2)cn1. The Morgan fingerprint density at radius 1 is 1.08 bits per heavy atom. The third-order valence-corrected chi connectivity index (χ3v) is 3.84. The van der Waals surface area contributed by atoms with Gasteiger partial charge in [0, 0.05) is 51.5 Å². The number of hydrogen-bond donors (Lipinski definition) is 0. The quantitative estimate of drug-likeness (QED) is 0.754. The molecule has 1 fully saturated rings. The van der Waals surface area contributed by atoms with E-state index in [0.717, 1.165) is 5.56 Å². The lowest BCUT2D eigenvalue weighted by Crippen LogP contribution is -2.62. The summed E-state index contributed by atoms with van der Waals surface area (Å²) in [7, 11) is 1.70. The van der Waals surface area contributed by atoms with Crippen LogP contribution in [0.3, 0.4) is 0 Å². The summed E-state index contributed by atoms with van der Waals surface area (Å²) in [6.45, 7) is -0.223. The lowest BCUT2D eigenvalue weighted by Gasteiger charge is -2.37. The summed E-state index contributed by atoms with van der Waals surface area (Å²) in [6.07, 6.45) is -3.22. The Bertz CT molecular complexity index is 620. The molecule has 0 atom stereocenters. The molecule has 0 aromatic carbocycles. The van der Waals surface area contributed by atoms with E-state index in [1.54, 1.807) is 29.0 Å². The molecular formula is C13H15F7N4O. The molecule has 2 heterocycles. The van der Waals surface area contributed by atoms with Crippen LogP contribution >= 0.6 is 0 Å². The molecule has 25 heavy (non-hydrogen) atoms. The molecule has 1 aromatic heterocycles. The summed E-state index contributed by atoms with van der Waals surface area (Å²) < 4.78 is 90.7. The van der Waals surface area contributed by atoms with E-state index in [-0.39, 0.29) is 26.2 Å². The van der Waals surface area contributed by atoms with Gasteiger partial charge in [0.1, 0.15) is 0 Å². The van der Waals surface area contributed by atoms with Crippen molar-refractivity contribution in [3.05, 3.63) is 18.0 Å². The molecule has 1 aliphatic rings. The minimum absolute atomic E-state index is 0.0638. The molecular weight excluding hydrogens is 361 g/mol. The van der Waals surface area contributed by atoms with Gasteiger partial charge in [-0.15, -0.1) is 0 Å². The number of carbonyl (C=O) groups is 1. The Hall–Kier alpha value is -1.85. The van der Waals surface area contributed by atoms with Gasteiger partial charge >= 0.3 is 18.0 Å². The predicted molar refractivity (Wildman–Crippen MR) is 71.0 cm³/mol. The van der Waals surface area contributed by atoms with Crippen LogP contribution in [-0.4, -0.2) is 69.7 Å². The molecule has 0 spiro atoms. The van der Waals surface area contributed by atoms with Crippen LogP contribution in [0.15, 0.2) is 12.4 Å². The molecule has 0 bridgehead atoms. The number of halogens is 7. The molecule has 1 aliphatic heterocycles. The highest BCUT2D eigenvalue weighted by Crippen LogP contribution is 2.47. The highest BCUT2D eigenvalue weighted by Gasteiger charge is 2.76. The minimum Gasteiger partial charge on any atom is -0.335 e. The fraction of sp³-hybridized carbons (Fsp3) is 0.692. The molecule has 2 rings (SSSR count). The van der Waals surface area contributed by atoms with Crippen molar-refractivity contribution in [2.45, 2.75) is 24.6 Å². The summed E-state index contributed by atoms with van der Waals surface area (Å²) in [4.78, 5) is 13.6. The number of aromatic nitrogens is 2. The maximum absolute atomic E-state index is 13.4. The zero-order chi connectivity index (χ0) is 19.0. The number of rotatable bonds is 4. The van der Waals surface area contributed by atoms with Crippen LogP contribution in [0.4, 0.5) is 30.7 Å². The van der Waals surface area contributed by atoms with Gasteiger partial charge in [-0.2, -0.15) is 35.8 Å². The number of piperazine rings is 1. The molecule has 142 valence electrons. The summed E-state index contributed by atoms with van der Waals surface area (Å²) in [5.41, 5.74) is 0.816. The van der Waals surface area contributed by atoms with Crippen molar-refractivity contribution in [1.29, 1.82) is 0 Å². The van der Waals surface area contributed by atoms with Crippen LogP contribution in [0.2, 0.25) is 0 Å². The summed E-state index contributed by atoms with van der Waals surface area (Å²) in [5.74, 6) is -14.8. The van der Waals surface area contributed by atoms with Crippen molar-refractivity contribution < 1.29 is 35.5 Å². The maximum Gasteiger partial charge on any atom is 0.460 e. The number of alkyl halides is 7. The molecule has 5 nitrogen and oxygen atoms in total. The van der Waals surface area contributed by atoms with E-state index in [2.05, 4.69) is 5.10 Å². The third kappa shape index (κ3) is 3.72. The smallest absolute Gasteiger partial charge is 0.335 e. The Morgan fingerprint density at radius 3 is 2.08 bits per heavy atom. The van der Waals surface area contributed by atoms with Crippen molar-refractivity contribution in [2.24, 2.45) is 7.05 Å². The molecule has 0 radical (unpaired) electrons. The second kappa shape index (κ2) is 6.46. The van der Waals surface area contributed by atoms with Crippen LogP contribution < -0.4 is 0 Å². The highest BCUT2D eigenvalue weighted by molar-refractivity contribution is 5.85. The molecule has 12 heteroatoms. The van der Waals surface area contributed by atoms with Gasteiger partial charge in [-0.1, -0.05) is 0 Å². The van der Waals surface area contributed by atoms with Gasteiger partial charge in [-0.3, -0.25) is 14.4 Å². The second-order valence-electron chi connectivity index (χ2n) is 5.74. The number of carbonyl (C=O) groups excluding carboxylic acids is 1. The molecule has 0 saturated carbocycles. The number of hydrogen-bond acceptors (Lipinski definition) is 3. The molecule has 1 aromatic rings. The first kappa shape index (κ1) is 19.5. The monoisotopic (exact) mass is 376 g/mol. The van der Waals surface area contributed by atoms with Crippen LogP contribution in [0.1, 0.15) is 5.56 Å². The van der Waals surface area contributed by atoms with E-state index in [9.17, 15) is 35.5 Å². The average Bonchev–Trinajstić information content (AvgIpc) is 2.91.